The van der Waals surface area contributed by atoms with Crippen LogP contribution in [-0.4, -0.2) is 84.9 Å². The SMILES string of the molecule is C[C@@H]1CN([C@@H](C)CO)C(=O)c2cccc(NC(=O)C3CCOCC3)c2O[C@@H]1CN(C)C(=O)Nc1ccc(F)cc1. The second kappa shape index (κ2) is 13.1. The lowest BCUT2D eigenvalue weighted by Gasteiger charge is -2.38. The summed E-state index contributed by atoms with van der Waals surface area (Å²) in [5.74, 6) is -1.12. The van der Waals surface area contributed by atoms with Gasteiger partial charge in [-0.05, 0) is 56.2 Å². The third-order valence-electron chi connectivity index (χ3n) is 7.44. The number of halogens is 1. The Balaban J connectivity index is 1.61. The first-order valence-electron chi connectivity index (χ1n) is 13.6. The number of aliphatic hydroxyl groups is 1. The predicted molar refractivity (Wildman–Crippen MR) is 148 cm³/mol. The van der Waals surface area contributed by atoms with Crippen LogP contribution in [0.25, 0.3) is 0 Å². The minimum absolute atomic E-state index is 0.158. The standard InChI is InChI=1S/C29H37FN4O6/c1-18-15-34(19(2)17-35)28(37)23-5-4-6-24(32-27(36)20-11-13-39-14-12-20)26(23)40-25(18)16-33(3)29(38)31-22-9-7-21(30)8-10-22/h4-10,18-20,25,35H,11-17H2,1-3H3,(H,31,38)(H,32,36)/t18-,19+,25-/m1/s1. The molecular formula is C29H37FN4O6. The van der Waals surface area contributed by atoms with Crippen LogP contribution in [0.3, 0.4) is 0 Å². The van der Waals surface area contributed by atoms with Gasteiger partial charge in [-0.25, -0.2) is 9.18 Å². The van der Waals surface area contributed by atoms with Gasteiger partial charge in [-0.2, -0.15) is 0 Å². The van der Waals surface area contributed by atoms with E-state index in [1.807, 2.05) is 6.92 Å². The summed E-state index contributed by atoms with van der Waals surface area (Å²) in [5.41, 5.74) is 1.08. The number of para-hydroxylation sites is 1. The molecule has 1 fully saturated rings. The topological polar surface area (TPSA) is 120 Å². The summed E-state index contributed by atoms with van der Waals surface area (Å²) in [6, 6.07) is 9.61. The van der Waals surface area contributed by atoms with Gasteiger partial charge in [0.1, 0.15) is 11.9 Å². The Kier molecular flexibility index (Phi) is 9.59. The molecule has 0 radical (unpaired) electrons. The van der Waals surface area contributed by atoms with E-state index < -0.39 is 24.0 Å². The van der Waals surface area contributed by atoms with Crippen molar-refractivity contribution in [3.8, 4) is 5.75 Å². The first-order valence-corrected chi connectivity index (χ1v) is 13.6. The van der Waals surface area contributed by atoms with Gasteiger partial charge in [0.15, 0.2) is 5.75 Å². The van der Waals surface area contributed by atoms with Crippen LogP contribution in [-0.2, 0) is 9.53 Å². The van der Waals surface area contributed by atoms with E-state index in [1.54, 1.807) is 37.1 Å². The van der Waals surface area contributed by atoms with E-state index in [0.29, 0.717) is 37.4 Å². The quantitative estimate of drug-likeness (QED) is 0.480. The minimum Gasteiger partial charge on any atom is -0.485 e. The second-order valence-corrected chi connectivity index (χ2v) is 10.5. The van der Waals surface area contributed by atoms with E-state index in [0.717, 1.165) is 0 Å². The molecule has 4 amide bonds. The molecule has 2 aliphatic heterocycles. The third-order valence-corrected chi connectivity index (χ3v) is 7.44. The first kappa shape index (κ1) is 29.3. The average molecular weight is 557 g/mol. The van der Waals surface area contributed by atoms with E-state index >= 15 is 0 Å². The Morgan fingerprint density at radius 2 is 1.85 bits per heavy atom. The molecule has 216 valence electrons. The molecule has 0 aromatic heterocycles. The van der Waals surface area contributed by atoms with Gasteiger partial charge in [0, 0.05) is 44.3 Å². The molecular weight excluding hydrogens is 519 g/mol. The summed E-state index contributed by atoms with van der Waals surface area (Å²) in [6.45, 7) is 4.93. The van der Waals surface area contributed by atoms with E-state index in [4.69, 9.17) is 9.47 Å². The van der Waals surface area contributed by atoms with E-state index in [9.17, 15) is 23.9 Å². The Bertz CT molecular complexity index is 1200. The zero-order valence-corrected chi connectivity index (χ0v) is 23.1. The van der Waals surface area contributed by atoms with Gasteiger partial charge in [-0.15, -0.1) is 0 Å². The highest BCUT2D eigenvalue weighted by Crippen LogP contribution is 2.35. The van der Waals surface area contributed by atoms with Crippen molar-refractivity contribution in [2.24, 2.45) is 11.8 Å². The fourth-order valence-corrected chi connectivity index (χ4v) is 4.86. The number of nitrogens with zero attached hydrogens (tertiary/aromatic N) is 2. The molecule has 4 rings (SSSR count). The number of urea groups is 1. The average Bonchev–Trinajstić information content (AvgIpc) is 2.96. The first-order chi connectivity index (χ1) is 19.2. The number of rotatable bonds is 7. The normalized spacial score (nSPS) is 20.4. The summed E-state index contributed by atoms with van der Waals surface area (Å²) in [7, 11) is 1.62. The number of hydrogen-bond acceptors (Lipinski definition) is 6. The lowest BCUT2D eigenvalue weighted by molar-refractivity contribution is -0.122. The van der Waals surface area contributed by atoms with Crippen molar-refractivity contribution in [1.82, 2.24) is 9.80 Å². The third kappa shape index (κ3) is 6.89. The molecule has 3 atom stereocenters. The monoisotopic (exact) mass is 556 g/mol. The van der Waals surface area contributed by atoms with Crippen LogP contribution in [0.2, 0.25) is 0 Å². The molecule has 10 nitrogen and oxygen atoms in total. The summed E-state index contributed by atoms with van der Waals surface area (Å²) < 4.78 is 25.1. The van der Waals surface area contributed by atoms with Crippen LogP contribution in [0.4, 0.5) is 20.6 Å². The fourth-order valence-electron chi connectivity index (χ4n) is 4.86. The van der Waals surface area contributed by atoms with Gasteiger partial charge in [-0.1, -0.05) is 13.0 Å². The molecule has 2 aromatic rings. The maximum absolute atomic E-state index is 13.6. The Hall–Kier alpha value is -3.70. The predicted octanol–water partition coefficient (Wildman–Crippen LogP) is 3.57. The molecule has 0 aliphatic carbocycles. The number of benzene rings is 2. The zero-order valence-electron chi connectivity index (χ0n) is 23.1. The molecule has 2 heterocycles. The number of carbonyl (C=O) groups excluding carboxylic acids is 3. The lowest BCUT2D eigenvalue weighted by atomic mass is 9.98. The fraction of sp³-hybridized carbons (Fsp3) is 0.483. The van der Waals surface area contributed by atoms with Crippen LogP contribution >= 0.6 is 0 Å². The number of hydrogen-bond donors (Lipinski definition) is 3. The Morgan fingerprint density at radius 3 is 2.52 bits per heavy atom. The maximum Gasteiger partial charge on any atom is 0.321 e. The molecule has 2 aromatic carbocycles. The van der Waals surface area contributed by atoms with E-state index in [1.165, 1.54) is 29.2 Å². The van der Waals surface area contributed by atoms with E-state index in [-0.39, 0.29) is 54.7 Å². The highest BCUT2D eigenvalue weighted by molar-refractivity contribution is 6.02. The number of amides is 4. The van der Waals surface area contributed by atoms with Crippen molar-refractivity contribution >= 4 is 29.2 Å². The second-order valence-electron chi connectivity index (χ2n) is 10.5. The molecule has 0 saturated carbocycles. The van der Waals surface area contributed by atoms with Crippen molar-refractivity contribution in [2.45, 2.75) is 38.8 Å². The number of likely N-dealkylation sites (N-methyl/N-ethyl adjacent to an activating group) is 1. The smallest absolute Gasteiger partial charge is 0.321 e. The van der Waals surface area contributed by atoms with Crippen LogP contribution < -0.4 is 15.4 Å². The Labute approximate surface area is 233 Å². The zero-order chi connectivity index (χ0) is 28.8. The summed E-state index contributed by atoms with van der Waals surface area (Å²) in [4.78, 5) is 42.7. The van der Waals surface area contributed by atoms with Crippen LogP contribution in [0.1, 0.15) is 37.0 Å². The minimum atomic E-state index is -0.564. The number of aliphatic hydroxyl groups excluding tert-OH is 1. The van der Waals surface area contributed by atoms with Crippen molar-refractivity contribution in [1.29, 1.82) is 0 Å². The van der Waals surface area contributed by atoms with E-state index in [2.05, 4.69) is 10.6 Å². The van der Waals surface area contributed by atoms with Crippen molar-refractivity contribution in [3.63, 3.8) is 0 Å². The largest absolute Gasteiger partial charge is 0.485 e. The molecule has 3 N–H and O–H groups in total. The highest BCUT2D eigenvalue weighted by Gasteiger charge is 2.35. The molecule has 2 aliphatic rings. The van der Waals surface area contributed by atoms with Crippen molar-refractivity contribution < 1.29 is 33.4 Å². The molecule has 40 heavy (non-hydrogen) atoms. The molecule has 1 saturated heterocycles. The van der Waals surface area contributed by atoms with Gasteiger partial charge < -0.3 is 35.0 Å². The highest BCUT2D eigenvalue weighted by atomic mass is 19.1. The van der Waals surface area contributed by atoms with Gasteiger partial charge in [-0.3, -0.25) is 9.59 Å². The van der Waals surface area contributed by atoms with Crippen molar-refractivity contribution in [3.05, 3.63) is 53.8 Å². The van der Waals surface area contributed by atoms with Gasteiger partial charge in [0.2, 0.25) is 5.91 Å². The molecule has 11 heteroatoms. The number of fused-ring (bicyclic) bond motifs is 1. The summed E-state index contributed by atoms with van der Waals surface area (Å²) >= 11 is 0. The number of anilines is 2. The Morgan fingerprint density at radius 1 is 1.15 bits per heavy atom. The number of ether oxygens (including phenoxy) is 2. The molecule has 0 unspecified atom stereocenters. The molecule has 0 bridgehead atoms. The van der Waals surface area contributed by atoms with Crippen LogP contribution in [0.15, 0.2) is 42.5 Å². The number of carbonyl (C=O) groups is 3. The van der Waals surface area contributed by atoms with Crippen LogP contribution in [0, 0.1) is 17.7 Å². The maximum atomic E-state index is 13.6. The summed E-state index contributed by atoms with van der Waals surface area (Å²) in [5, 5.41) is 15.6. The van der Waals surface area contributed by atoms with Gasteiger partial charge in [0.05, 0.1) is 30.4 Å². The van der Waals surface area contributed by atoms with Crippen LogP contribution in [0.5, 0.6) is 5.75 Å². The lowest BCUT2D eigenvalue weighted by Crippen LogP contribution is -2.50. The van der Waals surface area contributed by atoms with Gasteiger partial charge >= 0.3 is 6.03 Å². The molecule has 0 spiro atoms. The summed E-state index contributed by atoms with van der Waals surface area (Å²) in [6.07, 6.45) is 0.650. The van der Waals surface area contributed by atoms with Gasteiger partial charge in [0.25, 0.3) is 5.91 Å². The van der Waals surface area contributed by atoms with Crippen molar-refractivity contribution in [2.75, 3.05) is 50.6 Å². The number of nitrogens with one attached hydrogen (secondary N) is 2.